The zero-order chi connectivity index (χ0) is 7.56. The Balaban J connectivity index is 2.53. The van der Waals surface area contributed by atoms with E-state index in [1.165, 1.54) is 0 Å². The van der Waals surface area contributed by atoms with Crippen LogP contribution >= 0.6 is 0 Å². The van der Waals surface area contributed by atoms with Crippen LogP contribution in [0.25, 0.3) is 0 Å². The summed E-state index contributed by atoms with van der Waals surface area (Å²) in [6, 6.07) is 0.241. The molecule has 0 bridgehead atoms. The number of rotatable bonds is 2. The summed E-state index contributed by atoms with van der Waals surface area (Å²) in [5.41, 5.74) is 10.1. The van der Waals surface area contributed by atoms with Gasteiger partial charge in [0.05, 0.1) is 6.04 Å². The van der Waals surface area contributed by atoms with E-state index in [4.69, 9.17) is 11.5 Å². The first-order chi connectivity index (χ1) is 4.74. The van der Waals surface area contributed by atoms with E-state index in [0.29, 0.717) is 0 Å². The van der Waals surface area contributed by atoms with Crippen LogP contribution in [0, 0.1) is 0 Å². The van der Waals surface area contributed by atoms with E-state index in [1.807, 2.05) is 0 Å². The van der Waals surface area contributed by atoms with Crippen molar-refractivity contribution in [3.05, 3.63) is 12.0 Å². The van der Waals surface area contributed by atoms with Crippen molar-refractivity contribution in [3.63, 3.8) is 0 Å². The van der Waals surface area contributed by atoms with Crippen molar-refractivity contribution in [2.24, 2.45) is 16.5 Å². The molecule has 1 saturated carbocycles. The van der Waals surface area contributed by atoms with Gasteiger partial charge in [0, 0.05) is 6.20 Å². The van der Waals surface area contributed by atoms with Crippen molar-refractivity contribution in [1.82, 2.24) is 0 Å². The van der Waals surface area contributed by atoms with Crippen LogP contribution in [0.5, 0.6) is 0 Å². The zero-order valence-electron chi connectivity index (χ0n) is 5.55. The molecule has 0 heterocycles. The molecule has 0 radical (unpaired) electrons. The van der Waals surface area contributed by atoms with Gasteiger partial charge in [0.25, 0.3) is 0 Å². The van der Waals surface area contributed by atoms with Crippen molar-refractivity contribution in [3.8, 4) is 0 Å². The van der Waals surface area contributed by atoms with Gasteiger partial charge in [-0.05, 0) is 12.8 Å². The molecule has 1 aliphatic carbocycles. The quantitative estimate of drug-likeness (QED) is 0.430. The fourth-order valence-electron chi connectivity index (χ4n) is 0.547. The van der Waals surface area contributed by atoms with Gasteiger partial charge in [-0.1, -0.05) is 0 Å². The SMILES string of the molecule is NC=C(F)C(N)=NC1CC1. The van der Waals surface area contributed by atoms with E-state index in [9.17, 15) is 4.39 Å². The molecule has 0 aromatic carbocycles. The second kappa shape index (κ2) is 2.68. The minimum atomic E-state index is -0.632. The topological polar surface area (TPSA) is 64.4 Å². The molecule has 0 unspecified atom stereocenters. The summed E-state index contributed by atoms with van der Waals surface area (Å²) in [4.78, 5) is 3.83. The Labute approximate surface area is 58.6 Å². The van der Waals surface area contributed by atoms with Gasteiger partial charge in [0.1, 0.15) is 0 Å². The third kappa shape index (κ3) is 1.72. The van der Waals surface area contributed by atoms with Gasteiger partial charge in [0.2, 0.25) is 0 Å². The molecule has 0 aromatic heterocycles. The normalized spacial score (nSPS) is 21.3. The molecule has 0 aromatic rings. The van der Waals surface area contributed by atoms with Gasteiger partial charge in [-0.15, -0.1) is 0 Å². The molecule has 10 heavy (non-hydrogen) atoms. The Kier molecular flexibility index (Phi) is 1.89. The second-order valence-electron chi connectivity index (χ2n) is 2.26. The summed E-state index contributed by atoms with van der Waals surface area (Å²) in [5, 5.41) is 0. The summed E-state index contributed by atoms with van der Waals surface area (Å²) in [7, 11) is 0. The zero-order valence-corrected chi connectivity index (χ0v) is 5.55. The number of hydrogen-bond donors (Lipinski definition) is 2. The summed E-state index contributed by atoms with van der Waals surface area (Å²) in [6.45, 7) is 0. The van der Waals surface area contributed by atoms with Crippen LogP contribution in [0.4, 0.5) is 4.39 Å². The standard InChI is InChI=1S/C6H10FN3/c7-5(3-8)6(9)10-4-1-2-4/h3-4H,1-2,8H2,(H2,9,10). The molecular formula is C6H10FN3. The van der Waals surface area contributed by atoms with E-state index < -0.39 is 5.83 Å². The van der Waals surface area contributed by atoms with Crippen LogP contribution in [-0.4, -0.2) is 11.9 Å². The van der Waals surface area contributed by atoms with Crippen LogP contribution in [0.2, 0.25) is 0 Å². The van der Waals surface area contributed by atoms with E-state index >= 15 is 0 Å². The average Bonchev–Trinajstić information content (AvgIpc) is 2.70. The van der Waals surface area contributed by atoms with Crippen molar-refractivity contribution >= 4 is 5.84 Å². The highest BCUT2D eigenvalue weighted by molar-refractivity contribution is 5.94. The molecule has 0 amide bonds. The number of hydrogen-bond acceptors (Lipinski definition) is 2. The van der Waals surface area contributed by atoms with Gasteiger partial charge in [-0.25, -0.2) is 4.39 Å². The van der Waals surface area contributed by atoms with E-state index in [-0.39, 0.29) is 11.9 Å². The number of aliphatic imine (C=N–C) groups is 1. The Morgan fingerprint density at radius 1 is 1.60 bits per heavy atom. The molecule has 1 rings (SSSR count). The Morgan fingerprint density at radius 2 is 2.20 bits per heavy atom. The first-order valence-electron chi connectivity index (χ1n) is 3.15. The van der Waals surface area contributed by atoms with Crippen molar-refractivity contribution in [1.29, 1.82) is 0 Å². The summed E-state index contributed by atoms with van der Waals surface area (Å²) in [6.07, 6.45) is 2.85. The predicted octanol–water partition coefficient (Wildman–Crippen LogP) is 0.276. The molecule has 1 aliphatic rings. The third-order valence-electron chi connectivity index (χ3n) is 1.26. The van der Waals surface area contributed by atoms with Crippen molar-refractivity contribution in [2.45, 2.75) is 18.9 Å². The molecule has 56 valence electrons. The van der Waals surface area contributed by atoms with Gasteiger partial charge < -0.3 is 11.5 Å². The Bertz CT molecular complexity index is 181. The van der Waals surface area contributed by atoms with E-state index in [0.717, 1.165) is 19.0 Å². The van der Waals surface area contributed by atoms with Crippen LogP contribution in [0.3, 0.4) is 0 Å². The molecule has 4 N–H and O–H groups in total. The lowest BCUT2D eigenvalue weighted by molar-refractivity contribution is 0.674. The van der Waals surface area contributed by atoms with Gasteiger partial charge >= 0.3 is 0 Å². The molecule has 1 fully saturated rings. The van der Waals surface area contributed by atoms with Crippen LogP contribution in [-0.2, 0) is 0 Å². The lowest BCUT2D eigenvalue weighted by Gasteiger charge is -1.93. The number of nitrogens with two attached hydrogens (primary N) is 2. The van der Waals surface area contributed by atoms with Crippen LogP contribution in [0.1, 0.15) is 12.8 Å². The van der Waals surface area contributed by atoms with Crippen LogP contribution < -0.4 is 11.5 Å². The predicted molar refractivity (Wildman–Crippen MR) is 38.0 cm³/mol. The molecule has 0 atom stereocenters. The maximum absolute atomic E-state index is 12.4. The fourth-order valence-corrected chi connectivity index (χ4v) is 0.547. The molecular weight excluding hydrogens is 133 g/mol. The van der Waals surface area contributed by atoms with E-state index in [2.05, 4.69) is 4.99 Å². The Hall–Kier alpha value is -1.06. The average molecular weight is 143 g/mol. The summed E-state index contributed by atoms with van der Waals surface area (Å²) < 4.78 is 12.4. The smallest absolute Gasteiger partial charge is 0.180 e. The second-order valence-corrected chi connectivity index (χ2v) is 2.26. The highest BCUT2D eigenvalue weighted by Gasteiger charge is 2.20. The highest BCUT2D eigenvalue weighted by Crippen LogP contribution is 2.23. The fraction of sp³-hybridized carbons (Fsp3) is 0.500. The number of halogens is 1. The molecule has 0 saturated heterocycles. The monoisotopic (exact) mass is 143 g/mol. The molecule has 0 spiro atoms. The molecule has 4 heteroatoms. The van der Waals surface area contributed by atoms with Gasteiger partial charge in [-0.3, -0.25) is 4.99 Å². The summed E-state index contributed by atoms with van der Waals surface area (Å²) in [5.74, 6) is -0.711. The van der Waals surface area contributed by atoms with Crippen molar-refractivity contribution in [2.75, 3.05) is 0 Å². The van der Waals surface area contributed by atoms with Crippen molar-refractivity contribution < 1.29 is 4.39 Å². The minimum Gasteiger partial charge on any atom is -0.402 e. The first kappa shape index (κ1) is 7.05. The Morgan fingerprint density at radius 3 is 2.60 bits per heavy atom. The minimum absolute atomic E-state index is 0.0787. The highest BCUT2D eigenvalue weighted by atomic mass is 19.1. The van der Waals surface area contributed by atoms with Gasteiger partial charge in [0.15, 0.2) is 11.7 Å². The lowest BCUT2D eigenvalue weighted by atomic mass is 10.5. The summed E-state index contributed by atoms with van der Waals surface area (Å²) >= 11 is 0. The maximum Gasteiger partial charge on any atom is 0.180 e. The largest absolute Gasteiger partial charge is 0.402 e. The maximum atomic E-state index is 12.4. The first-order valence-corrected chi connectivity index (χ1v) is 3.15. The lowest BCUT2D eigenvalue weighted by Crippen LogP contribution is -2.14. The molecule has 3 nitrogen and oxygen atoms in total. The van der Waals surface area contributed by atoms with Crippen LogP contribution in [0.15, 0.2) is 17.0 Å². The third-order valence-corrected chi connectivity index (χ3v) is 1.26. The number of nitrogens with zero attached hydrogens (tertiary/aromatic N) is 1. The van der Waals surface area contributed by atoms with E-state index in [1.54, 1.807) is 0 Å². The van der Waals surface area contributed by atoms with Gasteiger partial charge in [-0.2, -0.15) is 0 Å². The number of amidine groups is 1. The molecule has 0 aliphatic heterocycles.